The van der Waals surface area contributed by atoms with Crippen LogP contribution in [0.15, 0.2) is 22.7 Å². The molecule has 2 atom stereocenters. The highest BCUT2D eigenvalue weighted by atomic mass is 79.9. The third kappa shape index (κ3) is 2.76. The van der Waals surface area contributed by atoms with Gasteiger partial charge in [0.05, 0.1) is 12.5 Å². The fourth-order valence-corrected chi connectivity index (χ4v) is 1.76. The molecule has 0 heterocycles. The van der Waals surface area contributed by atoms with Gasteiger partial charge in [-0.1, -0.05) is 15.9 Å². The number of benzene rings is 1. The molecule has 0 aliphatic rings. The van der Waals surface area contributed by atoms with E-state index in [9.17, 15) is 13.6 Å². The molecule has 0 aliphatic carbocycles. The first-order chi connectivity index (χ1) is 7.47. The molecule has 0 saturated heterocycles. The zero-order valence-electron chi connectivity index (χ0n) is 8.16. The second kappa shape index (κ2) is 5.36. The molecule has 0 spiro atoms. The third-order valence-corrected chi connectivity index (χ3v) is 2.63. The predicted molar refractivity (Wildman–Crippen MR) is 58.0 cm³/mol. The first-order valence-corrected chi connectivity index (χ1v) is 5.26. The summed E-state index contributed by atoms with van der Waals surface area (Å²) in [6.07, 6.45) is -1.92. The summed E-state index contributed by atoms with van der Waals surface area (Å²) in [6.45, 7) is -0.889. The van der Waals surface area contributed by atoms with Crippen molar-refractivity contribution in [2.24, 2.45) is 5.73 Å². The number of carbonyl (C=O) groups excluding carboxylic acids is 1. The highest BCUT2D eigenvalue weighted by Gasteiger charge is 2.30. The Morgan fingerprint density at radius 2 is 2.19 bits per heavy atom. The summed E-state index contributed by atoms with van der Waals surface area (Å²) in [6, 6.07) is 3.79. The minimum atomic E-state index is -1.92. The van der Waals surface area contributed by atoms with Crippen molar-refractivity contribution >= 4 is 21.8 Å². The van der Waals surface area contributed by atoms with E-state index in [1.807, 2.05) is 0 Å². The van der Waals surface area contributed by atoms with Crippen LogP contribution >= 0.6 is 15.9 Å². The number of aliphatic hydroxyl groups excluding tert-OH is 1. The van der Waals surface area contributed by atoms with E-state index >= 15 is 0 Å². The zero-order valence-corrected chi connectivity index (χ0v) is 9.75. The molecule has 6 heteroatoms. The Hall–Kier alpha value is -1.01. The van der Waals surface area contributed by atoms with E-state index in [1.165, 1.54) is 12.1 Å². The van der Waals surface area contributed by atoms with Gasteiger partial charge in [0.15, 0.2) is 0 Å². The zero-order chi connectivity index (χ0) is 12.3. The Bertz CT molecular complexity index is 400. The number of nitrogens with two attached hydrogens (primary N) is 1. The number of hydrogen-bond acceptors (Lipinski definition) is 2. The van der Waals surface area contributed by atoms with Crippen LogP contribution in [-0.2, 0) is 4.79 Å². The molecule has 0 radical (unpaired) electrons. The summed E-state index contributed by atoms with van der Waals surface area (Å²) in [5.41, 5.74) is 4.83. The smallest absolute Gasteiger partial charge is 0.228 e. The molecule has 3 N–H and O–H groups in total. The molecule has 1 rings (SSSR count). The van der Waals surface area contributed by atoms with Crippen molar-refractivity contribution in [2.45, 2.75) is 12.1 Å². The van der Waals surface area contributed by atoms with Crippen LogP contribution in [0.5, 0.6) is 0 Å². The minimum Gasteiger partial charge on any atom is -0.393 e. The lowest BCUT2D eigenvalue weighted by Crippen LogP contribution is -2.31. The third-order valence-electron chi connectivity index (χ3n) is 2.14. The van der Waals surface area contributed by atoms with Gasteiger partial charge in [-0.2, -0.15) is 0 Å². The molecule has 1 aromatic rings. The first-order valence-electron chi connectivity index (χ1n) is 4.46. The lowest BCUT2D eigenvalue weighted by atomic mass is 9.93. The van der Waals surface area contributed by atoms with Gasteiger partial charge >= 0.3 is 0 Å². The van der Waals surface area contributed by atoms with Gasteiger partial charge in [-0.25, -0.2) is 8.78 Å². The van der Waals surface area contributed by atoms with Crippen LogP contribution in [0, 0.1) is 5.82 Å². The standard InChI is InChI=1S/C10H10BrF2NO2/c11-5-1-2-7(12)6(3-5)9(10(14)16)8(13)4-15/h1-3,8-9,15H,4H2,(H2,14,16)/t8-,9?/m0/s1. The van der Waals surface area contributed by atoms with Crippen molar-refractivity contribution in [2.75, 3.05) is 6.61 Å². The molecule has 0 aromatic heterocycles. The molecule has 3 nitrogen and oxygen atoms in total. The topological polar surface area (TPSA) is 63.3 Å². The van der Waals surface area contributed by atoms with E-state index in [-0.39, 0.29) is 5.56 Å². The van der Waals surface area contributed by atoms with Gasteiger partial charge in [0.25, 0.3) is 0 Å². The van der Waals surface area contributed by atoms with Gasteiger partial charge in [0.2, 0.25) is 5.91 Å². The highest BCUT2D eigenvalue weighted by Crippen LogP contribution is 2.27. The van der Waals surface area contributed by atoms with Gasteiger partial charge in [0, 0.05) is 10.0 Å². The summed E-state index contributed by atoms with van der Waals surface area (Å²) in [5.74, 6) is -3.23. The highest BCUT2D eigenvalue weighted by molar-refractivity contribution is 9.10. The molecular weight excluding hydrogens is 284 g/mol. The number of alkyl halides is 1. The lowest BCUT2D eigenvalue weighted by Gasteiger charge is -2.17. The second-order valence-electron chi connectivity index (χ2n) is 3.24. The SMILES string of the molecule is NC(=O)C(c1cc(Br)ccc1F)[C@@H](F)CO. The average Bonchev–Trinajstić information content (AvgIpc) is 2.22. The van der Waals surface area contributed by atoms with Crippen molar-refractivity contribution in [3.63, 3.8) is 0 Å². The maximum atomic E-state index is 13.4. The van der Waals surface area contributed by atoms with E-state index in [0.717, 1.165) is 6.07 Å². The predicted octanol–water partition coefficient (Wildman–Crippen LogP) is 1.49. The molecule has 88 valence electrons. The molecular formula is C10H10BrF2NO2. The lowest BCUT2D eigenvalue weighted by molar-refractivity contribution is -0.121. The molecule has 0 fully saturated rings. The number of aliphatic hydroxyl groups is 1. The monoisotopic (exact) mass is 293 g/mol. The molecule has 1 unspecified atom stereocenters. The summed E-state index contributed by atoms with van der Waals surface area (Å²) in [4.78, 5) is 11.1. The minimum absolute atomic E-state index is 0.163. The average molecular weight is 294 g/mol. The van der Waals surface area contributed by atoms with Crippen LogP contribution in [0.3, 0.4) is 0 Å². The number of primary amides is 1. The Morgan fingerprint density at radius 3 is 2.69 bits per heavy atom. The molecule has 0 aliphatic heterocycles. The van der Waals surface area contributed by atoms with Gasteiger partial charge in [-0.05, 0) is 18.2 Å². The molecule has 0 saturated carbocycles. The van der Waals surface area contributed by atoms with Gasteiger partial charge in [0.1, 0.15) is 12.0 Å². The fourth-order valence-electron chi connectivity index (χ4n) is 1.38. The van der Waals surface area contributed by atoms with Crippen LogP contribution in [-0.4, -0.2) is 23.8 Å². The molecule has 0 bridgehead atoms. The Balaban J connectivity index is 3.20. The van der Waals surface area contributed by atoms with Crippen molar-refractivity contribution in [1.82, 2.24) is 0 Å². The van der Waals surface area contributed by atoms with E-state index < -0.39 is 30.4 Å². The van der Waals surface area contributed by atoms with Crippen LogP contribution in [0.2, 0.25) is 0 Å². The number of amides is 1. The Labute approximate surface area is 99.4 Å². The van der Waals surface area contributed by atoms with E-state index in [2.05, 4.69) is 15.9 Å². The summed E-state index contributed by atoms with van der Waals surface area (Å²) in [7, 11) is 0. The quantitative estimate of drug-likeness (QED) is 0.883. The maximum Gasteiger partial charge on any atom is 0.228 e. The largest absolute Gasteiger partial charge is 0.393 e. The van der Waals surface area contributed by atoms with Gasteiger partial charge < -0.3 is 10.8 Å². The van der Waals surface area contributed by atoms with Gasteiger partial charge in [-0.15, -0.1) is 0 Å². The normalized spacial score (nSPS) is 14.5. The van der Waals surface area contributed by atoms with Crippen molar-refractivity contribution < 1.29 is 18.7 Å². The van der Waals surface area contributed by atoms with Gasteiger partial charge in [-0.3, -0.25) is 4.79 Å². The first kappa shape index (κ1) is 13.1. The van der Waals surface area contributed by atoms with E-state index in [0.29, 0.717) is 4.47 Å². The van der Waals surface area contributed by atoms with Crippen molar-refractivity contribution in [1.29, 1.82) is 0 Å². The molecule has 16 heavy (non-hydrogen) atoms. The Morgan fingerprint density at radius 1 is 1.56 bits per heavy atom. The number of hydrogen-bond donors (Lipinski definition) is 2. The Kier molecular flexibility index (Phi) is 4.37. The van der Waals surface area contributed by atoms with E-state index in [4.69, 9.17) is 10.8 Å². The summed E-state index contributed by atoms with van der Waals surface area (Å²) >= 11 is 3.08. The van der Waals surface area contributed by atoms with Crippen LogP contribution in [0.25, 0.3) is 0 Å². The second-order valence-corrected chi connectivity index (χ2v) is 4.16. The molecule has 1 amide bonds. The molecule has 1 aromatic carbocycles. The van der Waals surface area contributed by atoms with E-state index in [1.54, 1.807) is 0 Å². The number of halogens is 3. The number of carbonyl (C=O) groups is 1. The van der Waals surface area contributed by atoms with Crippen LogP contribution in [0.4, 0.5) is 8.78 Å². The van der Waals surface area contributed by atoms with Crippen LogP contribution in [0.1, 0.15) is 11.5 Å². The fraction of sp³-hybridized carbons (Fsp3) is 0.300. The van der Waals surface area contributed by atoms with Crippen molar-refractivity contribution in [3.8, 4) is 0 Å². The maximum absolute atomic E-state index is 13.4. The number of rotatable bonds is 4. The summed E-state index contributed by atoms with van der Waals surface area (Å²) in [5, 5.41) is 8.66. The van der Waals surface area contributed by atoms with Crippen molar-refractivity contribution in [3.05, 3.63) is 34.1 Å². The summed E-state index contributed by atoms with van der Waals surface area (Å²) < 4.78 is 27.2. The van der Waals surface area contributed by atoms with Crippen LogP contribution < -0.4 is 5.73 Å².